The summed E-state index contributed by atoms with van der Waals surface area (Å²) in [6.07, 6.45) is 2.55. The van der Waals surface area contributed by atoms with Gasteiger partial charge in [-0.05, 0) is 25.5 Å². The maximum Gasteiger partial charge on any atom is 0.410 e. The van der Waals surface area contributed by atoms with E-state index in [-0.39, 0.29) is 6.09 Å². The van der Waals surface area contributed by atoms with Gasteiger partial charge in [-0.1, -0.05) is 6.08 Å². The van der Waals surface area contributed by atoms with Crippen molar-refractivity contribution < 1.29 is 9.53 Å². The molecule has 0 radical (unpaired) electrons. The van der Waals surface area contributed by atoms with Gasteiger partial charge in [0.2, 0.25) is 5.82 Å². The van der Waals surface area contributed by atoms with Crippen LogP contribution in [0, 0.1) is 0 Å². The van der Waals surface area contributed by atoms with Gasteiger partial charge in [0, 0.05) is 12.1 Å². The second-order valence-electron chi connectivity index (χ2n) is 3.94. The average Bonchev–Trinajstić information content (AvgIpc) is 2.88. The molecule has 1 aliphatic rings. The zero-order valence-electron chi connectivity index (χ0n) is 10.7. The maximum absolute atomic E-state index is 11.7. The molecule has 0 atom stereocenters. The number of nitrogens with zero attached hydrogens (tertiary/aromatic N) is 5. The summed E-state index contributed by atoms with van der Waals surface area (Å²) in [4.78, 5) is 14.8. The largest absolute Gasteiger partial charge is 0.450 e. The minimum absolute atomic E-state index is 0.286. The van der Waals surface area contributed by atoms with Gasteiger partial charge in [-0.25, -0.2) is 4.79 Å². The zero-order valence-corrected chi connectivity index (χ0v) is 10.7. The van der Waals surface area contributed by atoms with Crippen molar-refractivity contribution in [1.82, 2.24) is 25.1 Å². The van der Waals surface area contributed by atoms with Crippen LogP contribution in [-0.4, -0.2) is 50.9 Å². The molecule has 98 valence electrons. The molecular formula is C11H17N5O2. The van der Waals surface area contributed by atoms with Crippen LogP contribution in [-0.2, 0) is 11.3 Å². The Hall–Kier alpha value is -1.92. The monoisotopic (exact) mass is 251 g/mol. The maximum atomic E-state index is 11.7. The number of carbonyl (C=O) groups excluding carboxylic acids is 1. The molecule has 0 aliphatic carbocycles. The molecular weight excluding hydrogens is 234 g/mol. The van der Waals surface area contributed by atoms with Crippen molar-refractivity contribution in [1.29, 1.82) is 0 Å². The van der Waals surface area contributed by atoms with Crippen molar-refractivity contribution in [3.05, 3.63) is 11.9 Å². The number of hydrogen-bond acceptors (Lipinski definition) is 5. The molecule has 0 N–H and O–H groups in total. The first-order valence-corrected chi connectivity index (χ1v) is 6.13. The van der Waals surface area contributed by atoms with Crippen molar-refractivity contribution in [2.24, 2.45) is 0 Å². The van der Waals surface area contributed by atoms with Gasteiger partial charge in [0.1, 0.15) is 0 Å². The highest BCUT2D eigenvalue weighted by atomic mass is 16.6. The van der Waals surface area contributed by atoms with Crippen molar-refractivity contribution in [3.8, 4) is 0 Å². The zero-order chi connectivity index (χ0) is 13.0. The van der Waals surface area contributed by atoms with Gasteiger partial charge < -0.3 is 9.64 Å². The Labute approximate surface area is 105 Å². The minimum Gasteiger partial charge on any atom is -0.450 e. The number of aromatic nitrogens is 4. The predicted octanol–water partition coefficient (Wildman–Crippen LogP) is 0.939. The third kappa shape index (κ3) is 2.66. The van der Waals surface area contributed by atoms with Crippen LogP contribution in [0.15, 0.2) is 6.08 Å². The first-order valence-electron chi connectivity index (χ1n) is 6.13. The third-order valence-electron chi connectivity index (χ3n) is 2.70. The highest BCUT2D eigenvalue weighted by molar-refractivity contribution is 5.73. The molecule has 0 saturated carbocycles. The normalized spacial score (nSPS) is 15.4. The lowest BCUT2D eigenvalue weighted by Gasteiger charge is -2.25. The SMILES string of the molecule is CCOC(=O)N1CCC=C(c2nnn(CC)n2)C1. The average molecular weight is 251 g/mol. The Morgan fingerprint density at radius 3 is 3.00 bits per heavy atom. The molecule has 2 heterocycles. The van der Waals surface area contributed by atoms with E-state index < -0.39 is 0 Å². The van der Waals surface area contributed by atoms with Gasteiger partial charge in [0.15, 0.2) is 0 Å². The highest BCUT2D eigenvalue weighted by Gasteiger charge is 2.22. The van der Waals surface area contributed by atoms with E-state index in [9.17, 15) is 4.79 Å². The molecule has 1 aromatic heterocycles. The van der Waals surface area contributed by atoms with Gasteiger partial charge in [0.05, 0.1) is 19.7 Å². The lowest BCUT2D eigenvalue weighted by atomic mass is 10.1. The summed E-state index contributed by atoms with van der Waals surface area (Å²) in [5.74, 6) is 0.589. The molecule has 1 amide bonds. The fraction of sp³-hybridized carbons (Fsp3) is 0.636. The number of tetrazole rings is 1. The van der Waals surface area contributed by atoms with Crippen LogP contribution in [0.2, 0.25) is 0 Å². The first-order chi connectivity index (χ1) is 8.74. The van der Waals surface area contributed by atoms with Crippen molar-refractivity contribution in [2.45, 2.75) is 26.8 Å². The van der Waals surface area contributed by atoms with Crippen LogP contribution in [0.5, 0.6) is 0 Å². The second-order valence-corrected chi connectivity index (χ2v) is 3.94. The van der Waals surface area contributed by atoms with E-state index >= 15 is 0 Å². The Morgan fingerprint density at radius 1 is 1.50 bits per heavy atom. The van der Waals surface area contributed by atoms with Crippen molar-refractivity contribution in [2.75, 3.05) is 19.7 Å². The van der Waals surface area contributed by atoms with E-state index in [1.165, 1.54) is 4.80 Å². The van der Waals surface area contributed by atoms with Crippen LogP contribution in [0.4, 0.5) is 4.79 Å². The summed E-state index contributed by atoms with van der Waals surface area (Å²) in [6.45, 7) is 5.97. The minimum atomic E-state index is -0.286. The molecule has 1 aromatic rings. The van der Waals surface area contributed by atoms with E-state index in [1.807, 2.05) is 13.0 Å². The summed E-state index contributed by atoms with van der Waals surface area (Å²) < 4.78 is 4.99. The Morgan fingerprint density at radius 2 is 2.33 bits per heavy atom. The molecule has 2 rings (SSSR count). The topological polar surface area (TPSA) is 73.1 Å². The van der Waals surface area contributed by atoms with E-state index in [1.54, 1.807) is 11.8 Å². The van der Waals surface area contributed by atoms with Crippen molar-refractivity contribution in [3.63, 3.8) is 0 Å². The molecule has 1 aliphatic heterocycles. The first kappa shape index (κ1) is 12.5. The Bertz CT molecular complexity index is 454. The van der Waals surface area contributed by atoms with Gasteiger partial charge in [0.25, 0.3) is 0 Å². The molecule has 0 aromatic carbocycles. The summed E-state index contributed by atoms with van der Waals surface area (Å²) in [7, 11) is 0. The molecule has 7 heteroatoms. The summed E-state index contributed by atoms with van der Waals surface area (Å²) in [6, 6.07) is 0. The lowest BCUT2D eigenvalue weighted by Crippen LogP contribution is -2.36. The summed E-state index contributed by atoms with van der Waals surface area (Å²) >= 11 is 0. The second kappa shape index (κ2) is 5.61. The van der Waals surface area contributed by atoms with Crippen LogP contribution < -0.4 is 0 Å². The van der Waals surface area contributed by atoms with E-state index in [0.29, 0.717) is 32.1 Å². The summed E-state index contributed by atoms with van der Waals surface area (Å²) in [5, 5.41) is 12.1. The van der Waals surface area contributed by atoms with Crippen LogP contribution >= 0.6 is 0 Å². The van der Waals surface area contributed by atoms with Gasteiger partial charge >= 0.3 is 6.09 Å². The molecule has 0 fully saturated rings. The predicted molar refractivity (Wildman–Crippen MR) is 64.7 cm³/mol. The number of carbonyl (C=O) groups is 1. The number of aryl methyl sites for hydroxylation is 1. The Balaban J connectivity index is 2.06. The smallest absolute Gasteiger partial charge is 0.410 e. The molecule has 0 bridgehead atoms. The quantitative estimate of drug-likeness (QED) is 0.799. The molecule has 0 spiro atoms. The van der Waals surface area contributed by atoms with Crippen LogP contribution in [0.1, 0.15) is 26.1 Å². The number of hydrogen-bond donors (Lipinski definition) is 0. The highest BCUT2D eigenvalue weighted by Crippen LogP contribution is 2.17. The van der Waals surface area contributed by atoms with Gasteiger partial charge in [-0.3, -0.25) is 0 Å². The number of ether oxygens (including phenoxy) is 1. The van der Waals surface area contributed by atoms with E-state index in [0.717, 1.165) is 12.0 Å². The fourth-order valence-electron chi connectivity index (χ4n) is 1.78. The van der Waals surface area contributed by atoms with Crippen LogP contribution in [0.3, 0.4) is 0 Å². The Kier molecular flexibility index (Phi) is 3.91. The number of rotatable bonds is 3. The van der Waals surface area contributed by atoms with Gasteiger partial charge in [-0.2, -0.15) is 4.80 Å². The fourth-order valence-corrected chi connectivity index (χ4v) is 1.78. The van der Waals surface area contributed by atoms with Gasteiger partial charge in [-0.15, -0.1) is 10.2 Å². The van der Waals surface area contributed by atoms with Crippen molar-refractivity contribution >= 4 is 11.7 Å². The van der Waals surface area contributed by atoms with E-state index in [2.05, 4.69) is 15.4 Å². The van der Waals surface area contributed by atoms with E-state index in [4.69, 9.17) is 4.74 Å². The molecule has 18 heavy (non-hydrogen) atoms. The standard InChI is InChI=1S/C11H17N5O2/c1-3-16-13-10(12-14-16)9-6-5-7-15(8-9)11(17)18-4-2/h6H,3-5,7-8H2,1-2H3. The molecule has 0 saturated heterocycles. The number of amides is 1. The molecule has 7 nitrogen and oxygen atoms in total. The molecule has 0 unspecified atom stereocenters. The van der Waals surface area contributed by atoms with Crippen LogP contribution in [0.25, 0.3) is 5.57 Å². The summed E-state index contributed by atoms with van der Waals surface area (Å²) in [5.41, 5.74) is 0.925. The third-order valence-corrected chi connectivity index (χ3v) is 2.70. The lowest BCUT2D eigenvalue weighted by molar-refractivity contribution is 0.111.